The molecule has 0 spiro atoms. The second-order valence-electron chi connectivity index (χ2n) is 11.6. The van der Waals surface area contributed by atoms with Crippen LogP contribution in [-0.4, -0.2) is 65.8 Å². The molecule has 1 aromatic carbocycles. The Hall–Kier alpha value is -2.88. The van der Waals surface area contributed by atoms with E-state index in [0.29, 0.717) is 42.7 Å². The Bertz CT molecular complexity index is 1070. The van der Waals surface area contributed by atoms with Crippen LogP contribution in [0.25, 0.3) is 0 Å². The fourth-order valence-electron chi connectivity index (χ4n) is 5.16. The molecular formula is C33H51NO8. The minimum absolute atomic E-state index is 0.0478. The van der Waals surface area contributed by atoms with Gasteiger partial charge < -0.3 is 34.8 Å². The quantitative estimate of drug-likeness (QED) is 0.206. The Balaban J connectivity index is 2.20. The topological polar surface area (TPSA) is 135 Å². The monoisotopic (exact) mass is 589 g/mol. The number of allylic oxidation sites excluding steroid dienone is 2. The van der Waals surface area contributed by atoms with Crippen LogP contribution in [0.5, 0.6) is 11.5 Å². The number of cyclic esters (lactones) is 1. The van der Waals surface area contributed by atoms with E-state index in [4.69, 9.17) is 14.2 Å². The summed E-state index contributed by atoms with van der Waals surface area (Å²) < 4.78 is 17.0. The molecule has 236 valence electrons. The molecule has 1 heterocycles. The van der Waals surface area contributed by atoms with Gasteiger partial charge in [-0.3, -0.25) is 4.79 Å². The standard InChI is InChI=1S/C33H51NO8/c1-8-12-26(35)22(4)32(38)34-16-11-14-21(3)31(37)23(5)28-15-10-9-13-20(2)27(36)18-24-17-25(40-6)19-29(41-7)30(24)33(39)42-28/h9-11,16-17,19-23,26-28,31,35-37H,8,12-15,18H2,1-7H3,(H,34,38)/b10-9-,16-11+/t20-,21+,22+,23+,26-,27+,28-,31+/m0/s1. The maximum absolute atomic E-state index is 13.6. The van der Waals surface area contributed by atoms with Gasteiger partial charge in [0.2, 0.25) is 5.91 Å². The molecule has 0 unspecified atom stereocenters. The first kappa shape index (κ1) is 35.3. The minimum Gasteiger partial charge on any atom is -0.497 e. The lowest BCUT2D eigenvalue weighted by atomic mass is 9.85. The summed E-state index contributed by atoms with van der Waals surface area (Å²) in [6, 6.07) is 3.34. The molecular weight excluding hydrogens is 538 g/mol. The third-order valence-corrected chi connectivity index (χ3v) is 8.34. The van der Waals surface area contributed by atoms with Crippen LogP contribution in [0.2, 0.25) is 0 Å². The number of aliphatic hydroxyl groups excluding tert-OH is 3. The normalized spacial score (nSPS) is 24.1. The Morgan fingerprint density at radius 2 is 1.83 bits per heavy atom. The molecule has 0 aromatic heterocycles. The maximum atomic E-state index is 13.6. The zero-order valence-electron chi connectivity index (χ0n) is 26.2. The number of benzene rings is 1. The van der Waals surface area contributed by atoms with Crippen molar-refractivity contribution in [2.45, 2.75) is 97.6 Å². The molecule has 1 amide bonds. The van der Waals surface area contributed by atoms with Crippen LogP contribution in [0.3, 0.4) is 0 Å². The molecule has 1 aromatic rings. The number of methoxy groups -OCH3 is 2. The molecule has 9 heteroatoms. The van der Waals surface area contributed by atoms with Gasteiger partial charge in [-0.25, -0.2) is 4.79 Å². The van der Waals surface area contributed by atoms with Crippen molar-refractivity contribution >= 4 is 11.9 Å². The number of hydrogen-bond donors (Lipinski definition) is 4. The summed E-state index contributed by atoms with van der Waals surface area (Å²) in [6.45, 7) is 9.39. The minimum atomic E-state index is -0.798. The number of rotatable bonds is 12. The Kier molecular flexibility index (Phi) is 14.5. The van der Waals surface area contributed by atoms with Crippen LogP contribution in [0.1, 0.15) is 82.6 Å². The average molecular weight is 590 g/mol. The van der Waals surface area contributed by atoms with Crippen LogP contribution in [0.4, 0.5) is 0 Å². The molecule has 0 radical (unpaired) electrons. The molecule has 0 bridgehead atoms. The Morgan fingerprint density at radius 1 is 1.14 bits per heavy atom. The van der Waals surface area contributed by atoms with E-state index in [0.717, 1.165) is 6.42 Å². The van der Waals surface area contributed by atoms with Gasteiger partial charge in [0, 0.05) is 18.4 Å². The zero-order chi connectivity index (χ0) is 31.4. The molecule has 0 saturated carbocycles. The van der Waals surface area contributed by atoms with Gasteiger partial charge in [-0.15, -0.1) is 0 Å². The third kappa shape index (κ3) is 9.85. The van der Waals surface area contributed by atoms with Gasteiger partial charge in [0.25, 0.3) is 0 Å². The van der Waals surface area contributed by atoms with Crippen molar-refractivity contribution in [3.63, 3.8) is 0 Å². The van der Waals surface area contributed by atoms with Gasteiger partial charge in [-0.1, -0.05) is 59.3 Å². The zero-order valence-corrected chi connectivity index (χ0v) is 26.2. The number of aliphatic hydroxyl groups is 3. The van der Waals surface area contributed by atoms with Crippen molar-refractivity contribution < 1.29 is 39.1 Å². The number of carbonyl (C=O) groups is 2. The van der Waals surface area contributed by atoms with E-state index in [9.17, 15) is 24.9 Å². The van der Waals surface area contributed by atoms with Crippen molar-refractivity contribution in [1.29, 1.82) is 0 Å². The van der Waals surface area contributed by atoms with Crippen LogP contribution in [0, 0.1) is 23.7 Å². The first-order chi connectivity index (χ1) is 19.9. The van der Waals surface area contributed by atoms with Gasteiger partial charge in [0.1, 0.15) is 23.2 Å². The maximum Gasteiger partial charge on any atom is 0.342 e. The van der Waals surface area contributed by atoms with Crippen molar-refractivity contribution in [1.82, 2.24) is 5.32 Å². The molecule has 0 fully saturated rings. The Labute approximate surface area is 250 Å². The molecule has 4 N–H and O–H groups in total. The van der Waals surface area contributed by atoms with E-state index in [2.05, 4.69) is 5.32 Å². The van der Waals surface area contributed by atoms with E-state index < -0.39 is 42.2 Å². The van der Waals surface area contributed by atoms with Crippen LogP contribution in [0.15, 0.2) is 36.6 Å². The SMILES string of the molecule is CCC[C@H](O)[C@@H](C)C(=O)N/C=C/C[C@@H](C)[C@@H](O)[C@H](C)[C@@H]1C/C=C\C[C@H](C)[C@H](O)Cc2cc(OC)cc(OC)c2C(=O)O1. The van der Waals surface area contributed by atoms with Gasteiger partial charge in [-0.05, 0) is 55.3 Å². The molecule has 1 aliphatic rings. The molecule has 8 atom stereocenters. The van der Waals surface area contributed by atoms with Gasteiger partial charge >= 0.3 is 5.97 Å². The molecule has 2 rings (SSSR count). The summed E-state index contributed by atoms with van der Waals surface area (Å²) >= 11 is 0. The highest BCUT2D eigenvalue weighted by atomic mass is 16.5. The summed E-state index contributed by atoms with van der Waals surface area (Å²) in [7, 11) is 3.00. The van der Waals surface area contributed by atoms with Crippen LogP contribution in [-0.2, 0) is 16.0 Å². The van der Waals surface area contributed by atoms with Crippen molar-refractivity contribution in [3.8, 4) is 11.5 Å². The van der Waals surface area contributed by atoms with E-state index >= 15 is 0 Å². The van der Waals surface area contributed by atoms with Gasteiger partial charge in [-0.2, -0.15) is 0 Å². The number of ether oxygens (including phenoxy) is 3. The van der Waals surface area contributed by atoms with E-state index in [1.54, 1.807) is 31.3 Å². The number of fused-ring (bicyclic) bond motifs is 1. The second-order valence-corrected chi connectivity index (χ2v) is 11.6. The summed E-state index contributed by atoms with van der Waals surface area (Å²) in [5, 5.41) is 34.9. The van der Waals surface area contributed by atoms with E-state index in [1.165, 1.54) is 14.2 Å². The molecule has 0 saturated heterocycles. The van der Waals surface area contributed by atoms with Crippen molar-refractivity contribution in [3.05, 3.63) is 47.7 Å². The summed E-state index contributed by atoms with van der Waals surface area (Å²) in [5.41, 5.74) is 0.815. The van der Waals surface area contributed by atoms with Gasteiger partial charge in [0.15, 0.2) is 0 Å². The predicted molar refractivity (Wildman–Crippen MR) is 162 cm³/mol. The summed E-state index contributed by atoms with van der Waals surface area (Å²) in [4.78, 5) is 25.9. The summed E-state index contributed by atoms with van der Waals surface area (Å²) in [5.74, 6) is -1.19. The first-order valence-electron chi connectivity index (χ1n) is 15.0. The fraction of sp³-hybridized carbons (Fsp3) is 0.636. The second kappa shape index (κ2) is 17.3. The number of nitrogens with one attached hydrogen (secondary N) is 1. The lowest BCUT2D eigenvalue weighted by Gasteiger charge is -2.31. The highest BCUT2D eigenvalue weighted by Crippen LogP contribution is 2.33. The number of amides is 1. The first-order valence-corrected chi connectivity index (χ1v) is 15.0. The van der Waals surface area contributed by atoms with Crippen LogP contribution < -0.4 is 14.8 Å². The lowest BCUT2D eigenvalue weighted by Crippen LogP contribution is -2.37. The van der Waals surface area contributed by atoms with Crippen molar-refractivity contribution in [2.75, 3.05) is 14.2 Å². The van der Waals surface area contributed by atoms with E-state index in [1.807, 2.05) is 39.8 Å². The fourth-order valence-corrected chi connectivity index (χ4v) is 5.16. The highest BCUT2D eigenvalue weighted by Gasteiger charge is 2.33. The predicted octanol–water partition coefficient (Wildman–Crippen LogP) is 4.57. The third-order valence-electron chi connectivity index (χ3n) is 8.34. The lowest BCUT2D eigenvalue weighted by molar-refractivity contribution is -0.126. The molecule has 1 aliphatic heterocycles. The molecule has 42 heavy (non-hydrogen) atoms. The van der Waals surface area contributed by atoms with E-state index in [-0.39, 0.29) is 29.7 Å². The highest BCUT2D eigenvalue weighted by molar-refractivity contribution is 5.95. The van der Waals surface area contributed by atoms with Crippen LogP contribution >= 0.6 is 0 Å². The summed E-state index contributed by atoms with van der Waals surface area (Å²) in [6.07, 6.45) is 7.60. The number of esters is 1. The van der Waals surface area contributed by atoms with Gasteiger partial charge in [0.05, 0.1) is 38.4 Å². The number of carbonyl (C=O) groups excluding carboxylic acids is 2. The Morgan fingerprint density at radius 3 is 2.48 bits per heavy atom. The smallest absolute Gasteiger partial charge is 0.342 e. The van der Waals surface area contributed by atoms with Crippen molar-refractivity contribution in [2.24, 2.45) is 23.7 Å². The largest absolute Gasteiger partial charge is 0.497 e. The molecule has 0 aliphatic carbocycles. The average Bonchev–Trinajstić information content (AvgIpc) is 2.97. The molecule has 9 nitrogen and oxygen atoms in total. The number of hydrogen-bond acceptors (Lipinski definition) is 8.